The van der Waals surface area contributed by atoms with Crippen LogP contribution in [0.4, 0.5) is 0 Å². The van der Waals surface area contributed by atoms with Gasteiger partial charge in [-0.2, -0.15) is 0 Å². The summed E-state index contributed by atoms with van der Waals surface area (Å²) in [5.74, 6) is 0. The Labute approximate surface area is 92.1 Å². The second kappa shape index (κ2) is 3.95. The number of aliphatic hydroxyl groups is 1. The quantitative estimate of drug-likeness (QED) is 0.780. The largest absolute Gasteiger partial charge is 0.384 e. The molecule has 0 aliphatic carbocycles. The van der Waals surface area contributed by atoms with Gasteiger partial charge in [-0.25, -0.2) is 0 Å². The molecule has 0 aromatic heterocycles. The Morgan fingerprint density at radius 3 is 2.13 bits per heavy atom. The zero-order valence-corrected chi connectivity index (χ0v) is 10.0. The van der Waals surface area contributed by atoms with Gasteiger partial charge in [0.1, 0.15) is 0 Å². The van der Waals surface area contributed by atoms with Crippen molar-refractivity contribution in [2.45, 2.75) is 38.7 Å². The van der Waals surface area contributed by atoms with Gasteiger partial charge in [-0.3, -0.25) is 0 Å². The lowest BCUT2D eigenvalue weighted by molar-refractivity contribution is 0.0667. The van der Waals surface area contributed by atoms with Crippen LogP contribution in [0.25, 0.3) is 0 Å². The molecule has 0 amide bonds. The van der Waals surface area contributed by atoms with Gasteiger partial charge in [-0.15, -0.1) is 0 Å². The lowest BCUT2D eigenvalue weighted by Crippen LogP contribution is -2.31. The Balaban J connectivity index is 3.14. The first kappa shape index (κ1) is 12.2. The van der Waals surface area contributed by atoms with E-state index in [0.29, 0.717) is 0 Å². The van der Waals surface area contributed by atoms with Crippen LogP contribution in [0.1, 0.15) is 38.8 Å². The highest BCUT2D eigenvalue weighted by atomic mass is 16.3. The topological polar surface area (TPSA) is 46.2 Å². The molecule has 0 radical (unpaired) electrons. The van der Waals surface area contributed by atoms with Crippen molar-refractivity contribution < 1.29 is 5.11 Å². The van der Waals surface area contributed by atoms with Crippen LogP contribution >= 0.6 is 0 Å². The maximum Gasteiger partial charge on any atom is 0.0990 e. The number of hydrogen-bond donors (Lipinski definition) is 2. The summed E-state index contributed by atoms with van der Waals surface area (Å²) in [6, 6.07) is 8.01. The van der Waals surface area contributed by atoms with E-state index in [1.165, 1.54) is 5.56 Å². The van der Waals surface area contributed by atoms with E-state index in [9.17, 15) is 5.11 Å². The van der Waals surface area contributed by atoms with Gasteiger partial charge in [0, 0.05) is 6.54 Å². The normalized spacial score (nSPS) is 16.1. The zero-order valence-electron chi connectivity index (χ0n) is 10.0. The monoisotopic (exact) mass is 207 g/mol. The van der Waals surface area contributed by atoms with Gasteiger partial charge in [0.05, 0.1) is 5.60 Å². The fourth-order valence-electron chi connectivity index (χ4n) is 1.44. The van der Waals surface area contributed by atoms with Gasteiger partial charge < -0.3 is 10.8 Å². The van der Waals surface area contributed by atoms with Crippen LogP contribution in [-0.2, 0) is 11.0 Å². The van der Waals surface area contributed by atoms with Crippen molar-refractivity contribution >= 4 is 0 Å². The molecule has 0 spiro atoms. The molecular weight excluding hydrogens is 186 g/mol. The summed E-state index contributed by atoms with van der Waals surface area (Å²) in [5.41, 5.74) is 6.82. The van der Waals surface area contributed by atoms with Crippen LogP contribution < -0.4 is 5.73 Å². The van der Waals surface area contributed by atoms with Crippen LogP contribution in [0.15, 0.2) is 24.3 Å². The van der Waals surface area contributed by atoms with Crippen LogP contribution in [0.3, 0.4) is 0 Å². The molecule has 1 unspecified atom stereocenters. The number of nitrogens with two attached hydrogens (primary N) is 1. The van der Waals surface area contributed by atoms with E-state index in [2.05, 4.69) is 26.8 Å². The third-order valence-corrected chi connectivity index (χ3v) is 2.75. The fourth-order valence-corrected chi connectivity index (χ4v) is 1.44. The molecule has 15 heavy (non-hydrogen) atoms. The molecule has 1 aromatic carbocycles. The minimum atomic E-state index is -0.929. The molecule has 0 bridgehead atoms. The van der Waals surface area contributed by atoms with Crippen LogP contribution in [-0.4, -0.2) is 11.7 Å². The van der Waals surface area contributed by atoms with Crippen molar-refractivity contribution in [1.29, 1.82) is 0 Å². The molecule has 0 aliphatic heterocycles. The van der Waals surface area contributed by atoms with Gasteiger partial charge in [0.15, 0.2) is 0 Å². The third kappa shape index (κ3) is 2.80. The second-order valence-corrected chi connectivity index (χ2v) is 5.31. The summed E-state index contributed by atoms with van der Waals surface area (Å²) in [6.45, 7) is 8.45. The smallest absolute Gasteiger partial charge is 0.0990 e. The molecule has 3 N–H and O–H groups in total. The molecule has 0 saturated heterocycles. The predicted octanol–water partition coefficient (Wildman–Crippen LogP) is 2.15. The molecule has 1 atom stereocenters. The minimum absolute atomic E-state index is 0.0979. The molecule has 0 heterocycles. The lowest BCUT2D eigenvalue weighted by atomic mass is 9.84. The number of hydrogen-bond acceptors (Lipinski definition) is 2. The standard InChI is InChI=1S/C13H21NO/c1-12(2,3)10-6-5-7-11(8-10)13(4,15)9-14/h5-8,15H,9,14H2,1-4H3. The van der Waals surface area contributed by atoms with Gasteiger partial charge in [0.2, 0.25) is 0 Å². The average molecular weight is 207 g/mol. The predicted molar refractivity (Wildman–Crippen MR) is 63.8 cm³/mol. The summed E-state index contributed by atoms with van der Waals surface area (Å²) in [5, 5.41) is 10.1. The highest BCUT2D eigenvalue weighted by Gasteiger charge is 2.23. The van der Waals surface area contributed by atoms with Crippen molar-refractivity contribution in [3.05, 3.63) is 35.4 Å². The summed E-state index contributed by atoms with van der Waals surface area (Å²) >= 11 is 0. The van der Waals surface area contributed by atoms with Gasteiger partial charge in [0.25, 0.3) is 0 Å². The first-order valence-electron chi connectivity index (χ1n) is 5.31. The van der Waals surface area contributed by atoms with Crippen LogP contribution in [0.2, 0.25) is 0 Å². The van der Waals surface area contributed by atoms with E-state index in [0.717, 1.165) is 5.56 Å². The minimum Gasteiger partial charge on any atom is -0.384 e. The summed E-state index contributed by atoms with van der Waals surface area (Å²) in [4.78, 5) is 0. The van der Waals surface area contributed by atoms with Gasteiger partial charge in [-0.05, 0) is 23.5 Å². The first-order valence-corrected chi connectivity index (χ1v) is 5.31. The maximum absolute atomic E-state index is 10.1. The van der Waals surface area contributed by atoms with Crippen molar-refractivity contribution in [1.82, 2.24) is 0 Å². The van der Waals surface area contributed by atoms with Crippen molar-refractivity contribution in [3.63, 3.8) is 0 Å². The second-order valence-electron chi connectivity index (χ2n) is 5.31. The number of benzene rings is 1. The van der Waals surface area contributed by atoms with Crippen molar-refractivity contribution in [2.75, 3.05) is 6.54 Å². The molecule has 1 rings (SSSR count). The fraction of sp³-hybridized carbons (Fsp3) is 0.538. The molecule has 0 saturated carbocycles. The van der Waals surface area contributed by atoms with E-state index in [1.54, 1.807) is 6.92 Å². The Bertz CT molecular complexity index is 337. The molecular formula is C13H21NO. The van der Waals surface area contributed by atoms with Crippen LogP contribution in [0.5, 0.6) is 0 Å². The van der Waals surface area contributed by atoms with Crippen molar-refractivity contribution in [2.24, 2.45) is 5.73 Å². The van der Waals surface area contributed by atoms with E-state index < -0.39 is 5.60 Å². The summed E-state index contributed by atoms with van der Waals surface area (Å²) in [6.07, 6.45) is 0. The Hall–Kier alpha value is -0.860. The Kier molecular flexibility index (Phi) is 3.22. The van der Waals surface area contributed by atoms with Crippen molar-refractivity contribution in [3.8, 4) is 0 Å². The molecule has 2 nitrogen and oxygen atoms in total. The van der Waals surface area contributed by atoms with E-state index in [1.807, 2.05) is 18.2 Å². The molecule has 84 valence electrons. The highest BCUT2D eigenvalue weighted by molar-refractivity contribution is 5.31. The molecule has 0 aliphatic rings. The summed E-state index contributed by atoms with van der Waals surface area (Å²) < 4.78 is 0. The lowest BCUT2D eigenvalue weighted by Gasteiger charge is -2.25. The molecule has 1 aromatic rings. The van der Waals surface area contributed by atoms with E-state index in [-0.39, 0.29) is 12.0 Å². The zero-order chi connectivity index (χ0) is 11.7. The van der Waals surface area contributed by atoms with Gasteiger partial charge in [-0.1, -0.05) is 45.0 Å². The molecule has 2 heteroatoms. The average Bonchev–Trinajstić information content (AvgIpc) is 2.17. The first-order chi connectivity index (χ1) is 6.77. The molecule has 0 fully saturated rings. The SMILES string of the molecule is CC(C)(C)c1cccc(C(C)(O)CN)c1. The van der Waals surface area contributed by atoms with Crippen LogP contribution in [0, 0.1) is 0 Å². The number of rotatable bonds is 2. The third-order valence-electron chi connectivity index (χ3n) is 2.75. The highest BCUT2D eigenvalue weighted by Crippen LogP contribution is 2.27. The van der Waals surface area contributed by atoms with E-state index >= 15 is 0 Å². The Morgan fingerprint density at radius 2 is 1.67 bits per heavy atom. The summed E-state index contributed by atoms with van der Waals surface area (Å²) in [7, 11) is 0. The van der Waals surface area contributed by atoms with Gasteiger partial charge >= 0.3 is 0 Å². The maximum atomic E-state index is 10.1. The Morgan fingerprint density at radius 1 is 1.13 bits per heavy atom. The van der Waals surface area contributed by atoms with E-state index in [4.69, 9.17) is 5.73 Å².